The molecule has 0 spiro atoms. The third kappa shape index (κ3) is 2.95. The number of anilines is 1. The van der Waals surface area contributed by atoms with Crippen LogP contribution in [-0.4, -0.2) is 45.6 Å². The number of rotatable bonds is 3. The van der Waals surface area contributed by atoms with Crippen LogP contribution in [-0.2, 0) is 10.0 Å². The molecule has 2 rings (SSSR count). The van der Waals surface area contributed by atoms with Gasteiger partial charge in [0.1, 0.15) is 0 Å². The molecular formula is C14H20N2O3S. The van der Waals surface area contributed by atoms with E-state index in [1.165, 1.54) is 11.4 Å². The number of benzene rings is 1. The molecule has 6 heteroatoms. The van der Waals surface area contributed by atoms with Crippen molar-refractivity contribution in [2.75, 3.05) is 30.7 Å². The zero-order valence-corrected chi connectivity index (χ0v) is 12.9. The van der Waals surface area contributed by atoms with E-state index in [0.29, 0.717) is 11.3 Å². The van der Waals surface area contributed by atoms with Gasteiger partial charge in [-0.15, -0.1) is 0 Å². The first-order valence-corrected chi connectivity index (χ1v) is 8.49. The van der Waals surface area contributed by atoms with E-state index in [1.54, 1.807) is 18.2 Å². The molecule has 1 heterocycles. The van der Waals surface area contributed by atoms with Gasteiger partial charge in [0.2, 0.25) is 10.0 Å². The fraction of sp³-hybridized carbons (Fsp3) is 0.500. The maximum Gasteiger partial charge on any atom is 0.253 e. The highest BCUT2D eigenvalue weighted by Crippen LogP contribution is 2.24. The predicted octanol–water partition coefficient (Wildman–Crippen LogP) is 1.63. The Bertz CT molecular complexity index is 619. The molecule has 1 fully saturated rings. The lowest BCUT2D eigenvalue weighted by molar-refractivity contribution is 0.0793. The lowest BCUT2D eigenvalue weighted by atomic mass is 10.1. The molecule has 0 N–H and O–H groups in total. The molecule has 0 saturated carbocycles. The Morgan fingerprint density at radius 3 is 2.40 bits per heavy atom. The molecule has 0 radical (unpaired) electrons. The molecular weight excluding hydrogens is 276 g/mol. The third-order valence-electron chi connectivity index (χ3n) is 3.69. The molecule has 5 nitrogen and oxygen atoms in total. The highest BCUT2D eigenvalue weighted by atomic mass is 32.2. The van der Waals surface area contributed by atoms with E-state index in [9.17, 15) is 13.2 Å². The second-order valence-electron chi connectivity index (χ2n) is 5.23. The minimum absolute atomic E-state index is 0.0225. The van der Waals surface area contributed by atoms with Crippen LogP contribution in [0.1, 0.15) is 28.8 Å². The SMILES string of the molecule is Cc1ccc(C(=O)N2CCCC2)cc1N(C)S(C)(=O)=O. The van der Waals surface area contributed by atoms with Crippen molar-refractivity contribution >= 4 is 21.6 Å². The van der Waals surface area contributed by atoms with Gasteiger partial charge < -0.3 is 4.90 Å². The van der Waals surface area contributed by atoms with Crippen LogP contribution in [0.25, 0.3) is 0 Å². The van der Waals surface area contributed by atoms with Gasteiger partial charge in [0.05, 0.1) is 11.9 Å². The van der Waals surface area contributed by atoms with Gasteiger partial charge in [-0.25, -0.2) is 8.42 Å². The van der Waals surface area contributed by atoms with Crippen molar-refractivity contribution in [1.29, 1.82) is 0 Å². The first-order chi connectivity index (χ1) is 9.30. The minimum Gasteiger partial charge on any atom is -0.339 e. The van der Waals surface area contributed by atoms with Crippen molar-refractivity contribution in [3.8, 4) is 0 Å². The molecule has 110 valence electrons. The fourth-order valence-corrected chi connectivity index (χ4v) is 2.92. The zero-order valence-electron chi connectivity index (χ0n) is 12.1. The number of nitrogens with zero attached hydrogens (tertiary/aromatic N) is 2. The molecule has 1 aliphatic rings. The zero-order chi connectivity index (χ0) is 14.9. The number of aryl methyl sites for hydroxylation is 1. The molecule has 1 saturated heterocycles. The van der Waals surface area contributed by atoms with E-state index in [4.69, 9.17) is 0 Å². The smallest absolute Gasteiger partial charge is 0.253 e. The summed E-state index contributed by atoms with van der Waals surface area (Å²) in [4.78, 5) is 14.2. The Hall–Kier alpha value is -1.56. The van der Waals surface area contributed by atoms with Crippen LogP contribution in [0, 0.1) is 6.92 Å². The summed E-state index contributed by atoms with van der Waals surface area (Å²) in [6.07, 6.45) is 3.23. The Labute approximate surface area is 120 Å². The van der Waals surface area contributed by atoms with Gasteiger partial charge >= 0.3 is 0 Å². The summed E-state index contributed by atoms with van der Waals surface area (Å²) in [5.41, 5.74) is 1.93. The Kier molecular flexibility index (Phi) is 4.04. The van der Waals surface area contributed by atoms with Gasteiger partial charge in [0, 0.05) is 25.7 Å². The number of hydrogen-bond donors (Lipinski definition) is 0. The van der Waals surface area contributed by atoms with Crippen molar-refractivity contribution in [2.24, 2.45) is 0 Å². The Morgan fingerprint density at radius 1 is 1.25 bits per heavy atom. The molecule has 0 bridgehead atoms. The predicted molar refractivity (Wildman–Crippen MR) is 79.6 cm³/mol. The lowest BCUT2D eigenvalue weighted by Crippen LogP contribution is -2.29. The number of likely N-dealkylation sites (tertiary alicyclic amines) is 1. The van der Waals surface area contributed by atoms with Gasteiger partial charge in [0.15, 0.2) is 0 Å². The largest absolute Gasteiger partial charge is 0.339 e. The van der Waals surface area contributed by atoms with Gasteiger partial charge in [-0.2, -0.15) is 0 Å². The van der Waals surface area contributed by atoms with Crippen LogP contribution in [0.2, 0.25) is 0 Å². The number of carbonyl (C=O) groups excluding carboxylic acids is 1. The van der Waals surface area contributed by atoms with E-state index in [0.717, 1.165) is 37.8 Å². The van der Waals surface area contributed by atoms with Crippen LogP contribution in [0.5, 0.6) is 0 Å². The number of amides is 1. The molecule has 20 heavy (non-hydrogen) atoms. The van der Waals surface area contributed by atoms with Crippen LogP contribution in [0.3, 0.4) is 0 Å². The number of sulfonamides is 1. The Morgan fingerprint density at radius 2 is 1.85 bits per heavy atom. The van der Waals surface area contributed by atoms with Crippen LogP contribution in [0.4, 0.5) is 5.69 Å². The van der Waals surface area contributed by atoms with Gasteiger partial charge in [0.25, 0.3) is 5.91 Å². The van der Waals surface area contributed by atoms with Crippen molar-refractivity contribution in [3.63, 3.8) is 0 Å². The summed E-state index contributed by atoms with van der Waals surface area (Å²) in [5.74, 6) is -0.0225. The summed E-state index contributed by atoms with van der Waals surface area (Å²) in [5, 5.41) is 0. The fourth-order valence-electron chi connectivity index (χ4n) is 2.36. The maximum absolute atomic E-state index is 12.3. The average Bonchev–Trinajstić information content (AvgIpc) is 2.90. The van der Waals surface area contributed by atoms with Gasteiger partial charge in [-0.1, -0.05) is 6.07 Å². The topological polar surface area (TPSA) is 57.7 Å². The molecule has 0 atom stereocenters. The van der Waals surface area contributed by atoms with Gasteiger partial charge in [-0.3, -0.25) is 9.10 Å². The molecule has 1 amide bonds. The van der Waals surface area contributed by atoms with E-state index in [1.807, 2.05) is 11.8 Å². The highest BCUT2D eigenvalue weighted by Gasteiger charge is 2.21. The van der Waals surface area contributed by atoms with E-state index in [-0.39, 0.29) is 5.91 Å². The standard InChI is InChI=1S/C14H20N2O3S/c1-11-6-7-12(14(17)16-8-4-5-9-16)10-13(11)15(2)20(3,18)19/h6-7,10H,4-5,8-9H2,1-3H3. The summed E-state index contributed by atoms with van der Waals surface area (Å²) in [6, 6.07) is 5.22. The van der Waals surface area contributed by atoms with Crippen molar-refractivity contribution < 1.29 is 13.2 Å². The van der Waals surface area contributed by atoms with E-state index in [2.05, 4.69) is 0 Å². The maximum atomic E-state index is 12.3. The first kappa shape index (κ1) is 14.8. The Balaban J connectivity index is 2.35. The molecule has 0 aliphatic carbocycles. The number of carbonyl (C=O) groups is 1. The first-order valence-electron chi connectivity index (χ1n) is 6.64. The molecule has 1 aromatic carbocycles. The third-order valence-corrected chi connectivity index (χ3v) is 4.88. The summed E-state index contributed by atoms with van der Waals surface area (Å²) in [7, 11) is -1.83. The quantitative estimate of drug-likeness (QED) is 0.852. The van der Waals surface area contributed by atoms with Crippen molar-refractivity contribution in [2.45, 2.75) is 19.8 Å². The summed E-state index contributed by atoms with van der Waals surface area (Å²) in [6.45, 7) is 3.40. The van der Waals surface area contributed by atoms with Gasteiger partial charge in [-0.05, 0) is 37.5 Å². The van der Waals surface area contributed by atoms with Crippen molar-refractivity contribution in [1.82, 2.24) is 4.90 Å². The average molecular weight is 296 g/mol. The normalized spacial score (nSPS) is 15.4. The van der Waals surface area contributed by atoms with E-state index >= 15 is 0 Å². The summed E-state index contributed by atoms with van der Waals surface area (Å²) >= 11 is 0. The molecule has 1 aliphatic heterocycles. The number of hydrogen-bond acceptors (Lipinski definition) is 3. The second-order valence-corrected chi connectivity index (χ2v) is 7.24. The van der Waals surface area contributed by atoms with Crippen LogP contribution in [0.15, 0.2) is 18.2 Å². The lowest BCUT2D eigenvalue weighted by Gasteiger charge is -2.21. The van der Waals surface area contributed by atoms with Crippen LogP contribution < -0.4 is 4.31 Å². The molecule has 0 aromatic heterocycles. The van der Waals surface area contributed by atoms with Crippen molar-refractivity contribution in [3.05, 3.63) is 29.3 Å². The van der Waals surface area contributed by atoms with E-state index < -0.39 is 10.0 Å². The summed E-state index contributed by atoms with van der Waals surface area (Å²) < 4.78 is 24.5. The highest BCUT2D eigenvalue weighted by molar-refractivity contribution is 7.92. The monoisotopic (exact) mass is 296 g/mol. The second kappa shape index (κ2) is 5.44. The van der Waals surface area contributed by atoms with Crippen LogP contribution >= 0.6 is 0 Å². The molecule has 1 aromatic rings. The molecule has 0 unspecified atom stereocenters. The minimum atomic E-state index is -3.33.